The second-order valence-corrected chi connectivity index (χ2v) is 11.8. The number of ether oxygens (including phenoxy) is 1. The highest BCUT2D eigenvalue weighted by Gasteiger charge is 2.35. The van der Waals surface area contributed by atoms with Gasteiger partial charge in [-0.05, 0) is 76.0 Å². The molecule has 2 aliphatic rings. The molecule has 9 nitrogen and oxygen atoms in total. The number of fused-ring (bicyclic) bond motifs is 1. The molecule has 238 valence electrons. The molecule has 44 heavy (non-hydrogen) atoms. The van der Waals surface area contributed by atoms with E-state index in [1.165, 1.54) is 12.4 Å². The Hall–Kier alpha value is -3.06. The number of aromatic nitrogens is 3. The molecule has 1 aromatic carbocycles. The first kappa shape index (κ1) is 32.3. The van der Waals surface area contributed by atoms with Crippen molar-refractivity contribution in [3.8, 4) is 0 Å². The lowest BCUT2D eigenvalue weighted by Crippen LogP contribution is -2.43. The maximum absolute atomic E-state index is 13.6. The van der Waals surface area contributed by atoms with Gasteiger partial charge in [-0.3, -0.25) is 9.69 Å². The normalized spacial score (nSPS) is 17.6. The summed E-state index contributed by atoms with van der Waals surface area (Å²) in [4.78, 5) is 30.0. The molecule has 0 saturated carbocycles. The van der Waals surface area contributed by atoms with Gasteiger partial charge in [0.05, 0.1) is 22.1 Å². The van der Waals surface area contributed by atoms with E-state index in [0.29, 0.717) is 33.1 Å². The zero-order valence-electron chi connectivity index (χ0n) is 24.9. The maximum atomic E-state index is 13.6. The van der Waals surface area contributed by atoms with Crippen LogP contribution in [0.1, 0.15) is 66.3 Å². The highest BCUT2D eigenvalue weighted by molar-refractivity contribution is 6.35. The fourth-order valence-corrected chi connectivity index (χ4v) is 6.28. The van der Waals surface area contributed by atoms with Gasteiger partial charge in [0.1, 0.15) is 5.82 Å². The quantitative estimate of drug-likeness (QED) is 0.277. The largest absolute Gasteiger partial charge is 0.451 e. The number of rotatable bonds is 11. The fourth-order valence-electron chi connectivity index (χ4n) is 6.03. The molecular weight excluding hydrogens is 595 g/mol. The number of pyridine rings is 1. The number of piperidine rings is 2. The molecule has 1 atom stereocenters. The first-order valence-corrected chi connectivity index (χ1v) is 15.6. The van der Waals surface area contributed by atoms with Crippen LogP contribution in [0.5, 0.6) is 0 Å². The SMILES string of the molecule is COCCCNC1CCN(c2ccc3c(C(=O)NCC(c4cnc(C(F)(F)F)nc4)N4CCCCC4)c(Cl)ccc3n2)CC1. The maximum Gasteiger partial charge on any atom is 0.451 e. The van der Waals surface area contributed by atoms with Gasteiger partial charge < -0.3 is 20.3 Å². The van der Waals surface area contributed by atoms with Gasteiger partial charge in [-0.25, -0.2) is 15.0 Å². The molecule has 0 bridgehead atoms. The number of likely N-dealkylation sites (tertiary alicyclic amines) is 1. The van der Waals surface area contributed by atoms with E-state index in [0.717, 1.165) is 83.7 Å². The molecule has 1 amide bonds. The van der Waals surface area contributed by atoms with Gasteiger partial charge in [-0.1, -0.05) is 18.0 Å². The van der Waals surface area contributed by atoms with Crippen molar-refractivity contribution in [3.05, 3.63) is 58.6 Å². The summed E-state index contributed by atoms with van der Waals surface area (Å²) in [5.41, 5.74) is 1.51. The summed E-state index contributed by atoms with van der Waals surface area (Å²) in [6.07, 6.45) is 3.84. The van der Waals surface area contributed by atoms with Gasteiger partial charge in [0, 0.05) is 62.7 Å². The third-order valence-corrected chi connectivity index (χ3v) is 8.72. The standard InChI is InChI=1S/C31H39ClF3N7O2/c1-44-17-5-12-36-22-10-15-42(16-11-22)27-9-6-23-25(40-27)8-7-24(32)28(23)29(43)37-20-26(41-13-3-2-4-14-41)21-18-38-30(39-19-21)31(33,34)35/h6-9,18-19,22,26,36H,2-5,10-17,20H2,1H3,(H,37,43). The average molecular weight is 634 g/mol. The average Bonchev–Trinajstić information content (AvgIpc) is 3.03. The lowest BCUT2D eigenvalue weighted by atomic mass is 10.0. The Balaban J connectivity index is 1.28. The molecule has 4 heterocycles. The number of anilines is 1. The lowest BCUT2D eigenvalue weighted by Gasteiger charge is -2.34. The predicted molar refractivity (Wildman–Crippen MR) is 164 cm³/mol. The zero-order chi connectivity index (χ0) is 31.1. The van der Waals surface area contributed by atoms with Crippen LogP contribution in [-0.2, 0) is 10.9 Å². The molecule has 0 spiro atoms. The van der Waals surface area contributed by atoms with Gasteiger partial charge in [-0.2, -0.15) is 13.2 Å². The van der Waals surface area contributed by atoms with Crippen molar-refractivity contribution in [3.63, 3.8) is 0 Å². The van der Waals surface area contributed by atoms with Gasteiger partial charge in [0.25, 0.3) is 5.91 Å². The molecule has 0 aliphatic carbocycles. The number of alkyl halides is 3. The Morgan fingerprint density at radius 3 is 2.48 bits per heavy atom. The zero-order valence-corrected chi connectivity index (χ0v) is 25.6. The van der Waals surface area contributed by atoms with Gasteiger partial charge in [0.15, 0.2) is 0 Å². The van der Waals surface area contributed by atoms with Crippen molar-refractivity contribution in [1.82, 2.24) is 30.5 Å². The van der Waals surface area contributed by atoms with E-state index in [-0.39, 0.29) is 18.5 Å². The van der Waals surface area contributed by atoms with Crippen molar-refractivity contribution in [2.75, 3.05) is 57.9 Å². The minimum atomic E-state index is -4.62. The van der Waals surface area contributed by atoms with E-state index in [1.807, 2.05) is 18.2 Å². The molecule has 2 N–H and O–H groups in total. The van der Waals surface area contributed by atoms with E-state index in [1.54, 1.807) is 13.2 Å². The Morgan fingerprint density at radius 2 is 1.80 bits per heavy atom. The molecular formula is C31H39ClF3N7O2. The van der Waals surface area contributed by atoms with Crippen LogP contribution in [0.25, 0.3) is 10.9 Å². The Labute approximate surface area is 260 Å². The first-order valence-electron chi connectivity index (χ1n) is 15.2. The summed E-state index contributed by atoms with van der Waals surface area (Å²) in [7, 11) is 1.72. The van der Waals surface area contributed by atoms with E-state index in [4.69, 9.17) is 21.3 Å². The Morgan fingerprint density at radius 1 is 1.07 bits per heavy atom. The van der Waals surface area contributed by atoms with Crippen LogP contribution < -0.4 is 15.5 Å². The minimum absolute atomic E-state index is 0.167. The van der Waals surface area contributed by atoms with E-state index < -0.39 is 12.0 Å². The molecule has 5 rings (SSSR count). The van der Waals surface area contributed by atoms with Crippen LogP contribution in [0, 0.1) is 0 Å². The molecule has 2 aromatic heterocycles. The topological polar surface area (TPSA) is 95.5 Å². The predicted octanol–water partition coefficient (Wildman–Crippen LogP) is 5.25. The molecule has 3 aromatic rings. The van der Waals surface area contributed by atoms with Crippen molar-refractivity contribution in [2.24, 2.45) is 0 Å². The van der Waals surface area contributed by atoms with Gasteiger partial charge in [0.2, 0.25) is 5.82 Å². The lowest BCUT2D eigenvalue weighted by molar-refractivity contribution is -0.145. The number of hydrogen-bond donors (Lipinski definition) is 2. The molecule has 1 unspecified atom stereocenters. The monoisotopic (exact) mass is 633 g/mol. The van der Waals surface area contributed by atoms with Crippen LogP contribution >= 0.6 is 11.6 Å². The number of amides is 1. The van der Waals surface area contributed by atoms with Crippen LogP contribution in [0.2, 0.25) is 5.02 Å². The molecule has 0 radical (unpaired) electrons. The third-order valence-electron chi connectivity index (χ3n) is 8.41. The highest BCUT2D eigenvalue weighted by Crippen LogP contribution is 2.30. The Bertz CT molecular complexity index is 1400. The summed E-state index contributed by atoms with van der Waals surface area (Å²) in [6.45, 7) is 5.16. The number of carbonyl (C=O) groups excluding carboxylic acids is 1. The summed E-state index contributed by atoms with van der Waals surface area (Å²) in [5.74, 6) is -0.696. The van der Waals surface area contributed by atoms with E-state index in [2.05, 4.69) is 30.4 Å². The van der Waals surface area contributed by atoms with Crippen molar-refractivity contribution in [1.29, 1.82) is 0 Å². The van der Waals surface area contributed by atoms with Crippen LogP contribution in [0.3, 0.4) is 0 Å². The fraction of sp³-hybridized carbons (Fsp3) is 0.548. The number of nitrogens with one attached hydrogen (secondary N) is 2. The molecule has 2 aliphatic heterocycles. The third kappa shape index (κ3) is 7.96. The van der Waals surface area contributed by atoms with E-state index >= 15 is 0 Å². The Kier molecular flexibility index (Phi) is 10.9. The van der Waals surface area contributed by atoms with Crippen LogP contribution in [0.4, 0.5) is 19.0 Å². The number of carbonyl (C=O) groups is 1. The summed E-state index contributed by atoms with van der Waals surface area (Å²) in [6, 6.07) is 7.41. The second-order valence-electron chi connectivity index (χ2n) is 11.4. The summed E-state index contributed by atoms with van der Waals surface area (Å²) in [5, 5.41) is 7.53. The molecule has 13 heteroatoms. The smallest absolute Gasteiger partial charge is 0.385 e. The number of nitrogens with zero attached hydrogens (tertiary/aromatic N) is 5. The first-order chi connectivity index (χ1) is 21.2. The molecule has 2 fully saturated rings. The minimum Gasteiger partial charge on any atom is -0.385 e. The van der Waals surface area contributed by atoms with Crippen molar-refractivity contribution >= 4 is 34.2 Å². The second kappa shape index (κ2) is 14.8. The number of benzene rings is 1. The van der Waals surface area contributed by atoms with E-state index in [9.17, 15) is 18.0 Å². The van der Waals surface area contributed by atoms with Crippen molar-refractivity contribution in [2.45, 2.75) is 56.8 Å². The number of methoxy groups -OCH3 is 1. The van der Waals surface area contributed by atoms with Crippen LogP contribution in [0.15, 0.2) is 36.7 Å². The number of hydrogen-bond acceptors (Lipinski definition) is 8. The van der Waals surface area contributed by atoms with Crippen LogP contribution in [-0.4, -0.2) is 84.8 Å². The summed E-state index contributed by atoms with van der Waals surface area (Å²) >= 11 is 6.55. The molecule has 2 saturated heterocycles. The highest BCUT2D eigenvalue weighted by atomic mass is 35.5. The summed E-state index contributed by atoms with van der Waals surface area (Å²) < 4.78 is 44.3. The van der Waals surface area contributed by atoms with Crippen molar-refractivity contribution < 1.29 is 22.7 Å². The number of halogens is 4. The van der Waals surface area contributed by atoms with Gasteiger partial charge in [-0.15, -0.1) is 0 Å². The van der Waals surface area contributed by atoms with Gasteiger partial charge >= 0.3 is 6.18 Å².